The number of ether oxygens (including phenoxy) is 1. The molecule has 1 atom stereocenters. The lowest BCUT2D eigenvalue weighted by molar-refractivity contribution is -0.142. The molecule has 0 aromatic carbocycles. The molecule has 19 heavy (non-hydrogen) atoms. The first-order chi connectivity index (χ1) is 8.90. The Bertz CT molecular complexity index is 591. The van der Waals surface area contributed by atoms with Gasteiger partial charge < -0.3 is 4.74 Å². The highest BCUT2D eigenvalue weighted by Gasteiger charge is 2.28. The molecule has 5 heteroatoms. The number of pyridine rings is 1. The molecule has 1 aromatic heterocycles. The van der Waals surface area contributed by atoms with Crippen LogP contribution in [0.2, 0.25) is 0 Å². The van der Waals surface area contributed by atoms with E-state index < -0.39 is 0 Å². The molecule has 0 bridgehead atoms. The second-order valence-electron chi connectivity index (χ2n) is 4.75. The van der Waals surface area contributed by atoms with Gasteiger partial charge >= 0.3 is 5.97 Å². The van der Waals surface area contributed by atoms with Crippen molar-refractivity contribution in [1.82, 2.24) is 4.98 Å². The van der Waals surface area contributed by atoms with Gasteiger partial charge in [0, 0.05) is 12.6 Å². The minimum atomic E-state index is -0.360. The van der Waals surface area contributed by atoms with Crippen molar-refractivity contribution in [2.45, 2.75) is 34.3 Å². The molecule has 0 radical (unpaired) electrons. The highest BCUT2D eigenvalue weighted by atomic mass is 16.5. The van der Waals surface area contributed by atoms with Crippen molar-refractivity contribution in [2.24, 2.45) is 10.9 Å². The lowest BCUT2D eigenvalue weighted by Gasteiger charge is -2.20. The highest BCUT2D eigenvalue weighted by molar-refractivity contribution is 6.17. The summed E-state index contributed by atoms with van der Waals surface area (Å²) in [6, 6.07) is 1.77. The molecule has 1 unspecified atom stereocenters. The average molecular weight is 260 g/mol. The Labute approximate surface area is 111 Å². The van der Waals surface area contributed by atoms with Crippen LogP contribution in [0, 0.1) is 12.8 Å². The molecule has 1 aromatic rings. The van der Waals surface area contributed by atoms with Gasteiger partial charge in [0.25, 0.3) is 0 Å². The monoisotopic (exact) mass is 260 g/mol. The number of carbonyl (C=O) groups is 2. The molecule has 0 saturated carbocycles. The number of carbonyl (C=O) groups excluding carboxylic acids is 2. The average Bonchev–Trinajstić information content (AvgIpc) is 2.33. The molecule has 0 amide bonds. The van der Waals surface area contributed by atoms with Crippen LogP contribution in [0.15, 0.2) is 11.1 Å². The summed E-state index contributed by atoms with van der Waals surface area (Å²) in [5, 5.41) is 0. The molecule has 1 aliphatic rings. The summed E-state index contributed by atoms with van der Waals surface area (Å²) in [4.78, 5) is 31.7. The fraction of sp³-hybridized carbons (Fsp3) is 0.429. The van der Waals surface area contributed by atoms with Crippen LogP contribution in [0.25, 0.3) is 0 Å². The van der Waals surface area contributed by atoms with Gasteiger partial charge in [0.05, 0.1) is 17.2 Å². The van der Waals surface area contributed by atoms with Gasteiger partial charge in [-0.15, -0.1) is 0 Å². The molecule has 0 saturated heterocycles. The molecule has 100 valence electrons. The standard InChI is InChI=1S/C14H16N2O3/c1-7-5-11(6-19-10(4)17)16-14-12(7)13(18)8(2)9(3)15-14/h5,8H,6H2,1-4H3. The Kier molecular flexibility index (Phi) is 3.46. The number of rotatable bonds is 2. The van der Waals surface area contributed by atoms with Crippen molar-refractivity contribution < 1.29 is 14.3 Å². The molecular weight excluding hydrogens is 244 g/mol. The van der Waals surface area contributed by atoms with E-state index in [1.807, 2.05) is 20.8 Å². The maximum absolute atomic E-state index is 12.2. The topological polar surface area (TPSA) is 68.6 Å². The minimum Gasteiger partial charge on any atom is -0.459 e. The van der Waals surface area contributed by atoms with E-state index >= 15 is 0 Å². The third-order valence-corrected chi connectivity index (χ3v) is 3.22. The first-order valence-corrected chi connectivity index (χ1v) is 6.13. The van der Waals surface area contributed by atoms with Crippen molar-refractivity contribution in [2.75, 3.05) is 0 Å². The molecule has 2 heterocycles. The normalized spacial score (nSPS) is 17.8. The Morgan fingerprint density at radius 1 is 1.42 bits per heavy atom. The van der Waals surface area contributed by atoms with E-state index in [4.69, 9.17) is 4.74 Å². The number of aliphatic imine (C=N–C) groups is 1. The number of fused-ring (bicyclic) bond motifs is 1. The Hall–Kier alpha value is -2.04. The van der Waals surface area contributed by atoms with Crippen molar-refractivity contribution in [3.05, 3.63) is 22.9 Å². The summed E-state index contributed by atoms with van der Waals surface area (Å²) < 4.78 is 4.91. The number of Topliss-reactive ketones (excluding diaryl/α,β-unsaturated/α-hetero) is 1. The van der Waals surface area contributed by atoms with Crippen molar-refractivity contribution in [3.63, 3.8) is 0 Å². The summed E-state index contributed by atoms with van der Waals surface area (Å²) in [5.74, 6) is -0.0804. The van der Waals surface area contributed by atoms with Gasteiger partial charge in [-0.2, -0.15) is 0 Å². The molecule has 0 N–H and O–H groups in total. The van der Waals surface area contributed by atoms with Crippen LogP contribution in [0.4, 0.5) is 5.82 Å². The van der Waals surface area contributed by atoms with Crippen LogP contribution in [-0.2, 0) is 16.1 Å². The predicted octanol–water partition coefficient (Wildman–Crippen LogP) is 2.38. The summed E-state index contributed by atoms with van der Waals surface area (Å²) in [6.45, 7) is 6.96. The first-order valence-electron chi connectivity index (χ1n) is 6.13. The fourth-order valence-corrected chi connectivity index (χ4v) is 2.03. The smallest absolute Gasteiger partial charge is 0.303 e. The van der Waals surface area contributed by atoms with Gasteiger partial charge in [-0.25, -0.2) is 9.98 Å². The van der Waals surface area contributed by atoms with E-state index in [9.17, 15) is 9.59 Å². The third kappa shape index (κ3) is 2.54. The number of esters is 1. The molecule has 5 nitrogen and oxygen atoms in total. The maximum atomic E-state index is 12.2. The van der Waals surface area contributed by atoms with Gasteiger partial charge in [0.15, 0.2) is 11.6 Å². The first kappa shape index (κ1) is 13.4. The summed E-state index contributed by atoms with van der Waals surface area (Å²) in [7, 11) is 0. The molecule has 2 rings (SSSR count). The zero-order valence-electron chi connectivity index (χ0n) is 11.5. The molecular formula is C14H16N2O3. The van der Waals surface area contributed by atoms with E-state index in [0.717, 1.165) is 11.3 Å². The Balaban J connectivity index is 2.43. The number of nitrogens with zero attached hydrogens (tertiary/aromatic N) is 2. The number of hydrogen-bond donors (Lipinski definition) is 0. The van der Waals surface area contributed by atoms with Crippen molar-refractivity contribution in [3.8, 4) is 0 Å². The SMILES string of the molecule is CC(=O)OCc1cc(C)c2c(n1)N=C(C)C(C)C2=O. The van der Waals surface area contributed by atoms with Crippen LogP contribution in [-0.4, -0.2) is 22.4 Å². The van der Waals surface area contributed by atoms with Gasteiger partial charge in [0.1, 0.15) is 6.61 Å². The van der Waals surface area contributed by atoms with Crippen LogP contribution in [0.5, 0.6) is 0 Å². The van der Waals surface area contributed by atoms with Crippen molar-refractivity contribution >= 4 is 23.3 Å². The zero-order valence-corrected chi connectivity index (χ0v) is 11.5. The van der Waals surface area contributed by atoms with E-state index in [0.29, 0.717) is 17.1 Å². The van der Waals surface area contributed by atoms with E-state index in [-0.39, 0.29) is 24.3 Å². The van der Waals surface area contributed by atoms with Gasteiger partial charge in [-0.1, -0.05) is 0 Å². The lowest BCUT2D eigenvalue weighted by Crippen LogP contribution is -2.24. The van der Waals surface area contributed by atoms with Gasteiger partial charge in [0.2, 0.25) is 0 Å². The molecule has 0 spiro atoms. The Morgan fingerprint density at radius 3 is 2.74 bits per heavy atom. The van der Waals surface area contributed by atoms with E-state index in [1.54, 1.807) is 6.07 Å². The molecule has 0 aliphatic carbocycles. The van der Waals surface area contributed by atoms with Crippen LogP contribution < -0.4 is 0 Å². The number of hydrogen-bond acceptors (Lipinski definition) is 5. The summed E-state index contributed by atoms with van der Waals surface area (Å²) in [5.41, 5.74) is 2.75. The fourth-order valence-electron chi connectivity index (χ4n) is 2.03. The lowest BCUT2D eigenvalue weighted by atomic mass is 9.90. The number of ketones is 1. The minimum absolute atomic E-state index is 0.0477. The van der Waals surface area contributed by atoms with Crippen LogP contribution in [0.1, 0.15) is 42.4 Å². The third-order valence-electron chi connectivity index (χ3n) is 3.22. The second-order valence-corrected chi connectivity index (χ2v) is 4.75. The van der Waals surface area contributed by atoms with E-state index in [1.165, 1.54) is 6.92 Å². The Morgan fingerprint density at radius 2 is 2.11 bits per heavy atom. The summed E-state index contributed by atoms with van der Waals surface area (Å²) >= 11 is 0. The molecule has 0 fully saturated rings. The van der Waals surface area contributed by atoms with Gasteiger partial charge in [-0.3, -0.25) is 9.59 Å². The van der Waals surface area contributed by atoms with E-state index in [2.05, 4.69) is 9.98 Å². The predicted molar refractivity (Wildman–Crippen MR) is 70.7 cm³/mol. The highest BCUT2D eigenvalue weighted by Crippen LogP contribution is 2.30. The quantitative estimate of drug-likeness (QED) is 0.765. The zero-order chi connectivity index (χ0) is 14.2. The van der Waals surface area contributed by atoms with Crippen molar-refractivity contribution in [1.29, 1.82) is 0 Å². The maximum Gasteiger partial charge on any atom is 0.303 e. The second kappa shape index (κ2) is 4.91. The van der Waals surface area contributed by atoms with Crippen LogP contribution >= 0.6 is 0 Å². The molecule has 1 aliphatic heterocycles. The summed E-state index contributed by atoms with van der Waals surface area (Å²) in [6.07, 6.45) is 0. The largest absolute Gasteiger partial charge is 0.459 e. The number of aromatic nitrogens is 1. The van der Waals surface area contributed by atoms with Crippen LogP contribution in [0.3, 0.4) is 0 Å². The number of aryl methyl sites for hydroxylation is 1. The van der Waals surface area contributed by atoms with Gasteiger partial charge in [-0.05, 0) is 32.4 Å².